The van der Waals surface area contributed by atoms with Gasteiger partial charge in [-0.25, -0.2) is 0 Å². The van der Waals surface area contributed by atoms with E-state index in [0.717, 1.165) is 6.04 Å². The fourth-order valence-electron chi connectivity index (χ4n) is 1.94. The third-order valence-electron chi connectivity index (χ3n) is 2.86. The quantitative estimate of drug-likeness (QED) is 0.580. The molecule has 0 radical (unpaired) electrons. The van der Waals surface area contributed by atoms with E-state index in [2.05, 4.69) is 16.4 Å². The summed E-state index contributed by atoms with van der Waals surface area (Å²) >= 11 is 0. The van der Waals surface area contributed by atoms with Crippen molar-refractivity contribution in [2.75, 3.05) is 26.2 Å². The zero-order chi connectivity index (χ0) is 7.68. The van der Waals surface area contributed by atoms with E-state index in [1.165, 1.54) is 39.0 Å². The van der Waals surface area contributed by atoms with Crippen molar-refractivity contribution in [1.29, 1.82) is 0 Å². The van der Waals surface area contributed by atoms with Crippen molar-refractivity contribution in [1.82, 2.24) is 9.80 Å². The molecule has 2 nitrogen and oxygen atoms in total. The van der Waals surface area contributed by atoms with Crippen molar-refractivity contribution in [3.63, 3.8) is 0 Å². The Hall–Kier alpha value is -0.500. The average molecular weight is 152 g/mol. The molecule has 0 aromatic heterocycles. The molecule has 2 heterocycles. The Kier molecular flexibility index (Phi) is 1.86. The van der Waals surface area contributed by atoms with Gasteiger partial charge in [0.25, 0.3) is 0 Å². The van der Waals surface area contributed by atoms with Gasteiger partial charge in [-0.15, -0.1) is 0 Å². The normalized spacial score (nSPS) is 32.0. The van der Waals surface area contributed by atoms with Crippen molar-refractivity contribution in [3.8, 4) is 0 Å². The van der Waals surface area contributed by atoms with Crippen molar-refractivity contribution in [2.24, 2.45) is 0 Å². The van der Waals surface area contributed by atoms with Crippen molar-refractivity contribution in [3.05, 3.63) is 12.8 Å². The Morgan fingerprint density at radius 3 is 2.55 bits per heavy atom. The average Bonchev–Trinajstić information content (AvgIpc) is 2.32. The van der Waals surface area contributed by atoms with Crippen molar-refractivity contribution in [2.45, 2.75) is 18.9 Å². The highest BCUT2D eigenvalue weighted by atomic mass is 15.3. The maximum absolute atomic E-state index is 3.79. The Labute approximate surface area is 68.5 Å². The Morgan fingerprint density at radius 2 is 2.09 bits per heavy atom. The summed E-state index contributed by atoms with van der Waals surface area (Å²) in [6, 6.07) is 0.835. The maximum Gasteiger partial charge on any atom is 0.0329 e. The summed E-state index contributed by atoms with van der Waals surface area (Å²) in [6.45, 7) is 8.87. The van der Waals surface area contributed by atoms with E-state index in [-0.39, 0.29) is 0 Å². The minimum absolute atomic E-state index is 0.835. The molecule has 0 bridgehead atoms. The molecule has 2 fully saturated rings. The van der Waals surface area contributed by atoms with E-state index in [1.54, 1.807) is 0 Å². The first-order chi connectivity index (χ1) is 5.40. The van der Waals surface area contributed by atoms with Crippen molar-refractivity contribution < 1.29 is 0 Å². The van der Waals surface area contributed by atoms with E-state index in [9.17, 15) is 0 Å². The molecular weight excluding hydrogens is 136 g/mol. The first-order valence-electron chi connectivity index (χ1n) is 4.51. The summed E-state index contributed by atoms with van der Waals surface area (Å²) in [5.41, 5.74) is 0. The third-order valence-corrected chi connectivity index (χ3v) is 2.86. The van der Waals surface area contributed by atoms with Crippen LogP contribution in [0, 0.1) is 0 Å². The van der Waals surface area contributed by atoms with E-state index in [0.29, 0.717) is 0 Å². The predicted molar refractivity (Wildman–Crippen MR) is 46.4 cm³/mol. The summed E-state index contributed by atoms with van der Waals surface area (Å²) in [5.74, 6) is 0. The lowest BCUT2D eigenvalue weighted by Crippen LogP contribution is -2.45. The number of hydrogen-bond acceptors (Lipinski definition) is 2. The first-order valence-corrected chi connectivity index (χ1v) is 4.51. The molecule has 0 spiro atoms. The molecule has 62 valence electrons. The molecule has 2 heteroatoms. The van der Waals surface area contributed by atoms with Crippen LogP contribution in [0.1, 0.15) is 12.8 Å². The SMILES string of the molecule is C=CN1CCC(N2CCC2)C1. The number of likely N-dealkylation sites (tertiary alicyclic amines) is 2. The number of nitrogens with zero attached hydrogens (tertiary/aromatic N) is 2. The molecule has 1 unspecified atom stereocenters. The summed E-state index contributed by atoms with van der Waals surface area (Å²) in [7, 11) is 0. The molecule has 1 atom stereocenters. The molecule has 2 aliphatic heterocycles. The summed E-state index contributed by atoms with van der Waals surface area (Å²) in [6.07, 6.45) is 4.72. The minimum Gasteiger partial charge on any atom is -0.376 e. The van der Waals surface area contributed by atoms with E-state index < -0.39 is 0 Å². The molecule has 2 aliphatic rings. The van der Waals surface area contributed by atoms with Gasteiger partial charge >= 0.3 is 0 Å². The molecule has 0 N–H and O–H groups in total. The minimum atomic E-state index is 0.835. The monoisotopic (exact) mass is 152 g/mol. The maximum atomic E-state index is 3.79. The predicted octanol–water partition coefficient (Wildman–Crippen LogP) is 0.910. The number of rotatable bonds is 2. The van der Waals surface area contributed by atoms with Crippen LogP contribution in [0.5, 0.6) is 0 Å². The molecule has 0 aromatic carbocycles. The standard InChI is InChI=1S/C9H16N2/c1-2-10-7-4-9(8-10)11-5-3-6-11/h2,9H,1,3-8H2. The summed E-state index contributed by atoms with van der Waals surface area (Å²) < 4.78 is 0. The lowest BCUT2D eigenvalue weighted by atomic mass is 10.1. The third kappa shape index (κ3) is 1.27. The van der Waals surface area contributed by atoms with E-state index >= 15 is 0 Å². The molecule has 0 saturated carbocycles. The van der Waals surface area contributed by atoms with Crippen LogP contribution in [0.3, 0.4) is 0 Å². The van der Waals surface area contributed by atoms with Crippen LogP contribution in [0.15, 0.2) is 12.8 Å². The molecule has 0 amide bonds. The van der Waals surface area contributed by atoms with Crippen LogP contribution in [-0.4, -0.2) is 42.0 Å². The van der Waals surface area contributed by atoms with Gasteiger partial charge < -0.3 is 4.90 Å². The van der Waals surface area contributed by atoms with Gasteiger partial charge in [0.05, 0.1) is 0 Å². The molecular formula is C9H16N2. The highest BCUT2D eigenvalue weighted by Crippen LogP contribution is 2.20. The smallest absolute Gasteiger partial charge is 0.0329 e. The van der Waals surface area contributed by atoms with Gasteiger partial charge in [-0.1, -0.05) is 6.58 Å². The van der Waals surface area contributed by atoms with Crippen LogP contribution in [0.4, 0.5) is 0 Å². The molecule has 11 heavy (non-hydrogen) atoms. The second kappa shape index (κ2) is 2.86. The van der Waals surface area contributed by atoms with Gasteiger partial charge in [0, 0.05) is 19.1 Å². The summed E-state index contributed by atoms with van der Waals surface area (Å²) in [4.78, 5) is 4.91. The fourth-order valence-corrected chi connectivity index (χ4v) is 1.94. The van der Waals surface area contributed by atoms with E-state index in [4.69, 9.17) is 0 Å². The topological polar surface area (TPSA) is 6.48 Å². The molecule has 0 aromatic rings. The fraction of sp³-hybridized carbons (Fsp3) is 0.778. The lowest BCUT2D eigenvalue weighted by Gasteiger charge is -2.36. The van der Waals surface area contributed by atoms with Gasteiger partial charge in [-0.3, -0.25) is 4.90 Å². The Balaban J connectivity index is 1.83. The zero-order valence-electron chi connectivity index (χ0n) is 7.00. The molecule has 2 saturated heterocycles. The van der Waals surface area contributed by atoms with Crippen molar-refractivity contribution >= 4 is 0 Å². The van der Waals surface area contributed by atoms with Gasteiger partial charge in [0.15, 0.2) is 0 Å². The largest absolute Gasteiger partial charge is 0.376 e. The highest BCUT2D eigenvalue weighted by Gasteiger charge is 2.28. The second-order valence-corrected chi connectivity index (χ2v) is 3.51. The van der Waals surface area contributed by atoms with Crippen LogP contribution in [-0.2, 0) is 0 Å². The lowest BCUT2D eigenvalue weighted by molar-refractivity contribution is 0.123. The summed E-state index contributed by atoms with van der Waals surface area (Å²) in [5, 5.41) is 0. The number of hydrogen-bond donors (Lipinski definition) is 0. The first kappa shape index (κ1) is 7.17. The van der Waals surface area contributed by atoms with Gasteiger partial charge in [0.1, 0.15) is 0 Å². The van der Waals surface area contributed by atoms with Crippen LogP contribution in [0.25, 0.3) is 0 Å². The van der Waals surface area contributed by atoms with Crippen LogP contribution >= 0.6 is 0 Å². The van der Waals surface area contributed by atoms with Crippen LogP contribution < -0.4 is 0 Å². The highest BCUT2D eigenvalue weighted by molar-refractivity contribution is 4.90. The van der Waals surface area contributed by atoms with Crippen LogP contribution in [0.2, 0.25) is 0 Å². The molecule has 0 aliphatic carbocycles. The molecule has 2 rings (SSSR count). The van der Waals surface area contributed by atoms with Gasteiger partial charge in [0.2, 0.25) is 0 Å². The zero-order valence-corrected chi connectivity index (χ0v) is 7.00. The Bertz CT molecular complexity index is 152. The van der Waals surface area contributed by atoms with E-state index in [1.807, 2.05) is 6.20 Å². The Morgan fingerprint density at radius 1 is 1.27 bits per heavy atom. The van der Waals surface area contributed by atoms with Gasteiger partial charge in [-0.05, 0) is 32.1 Å². The van der Waals surface area contributed by atoms with Gasteiger partial charge in [-0.2, -0.15) is 0 Å². The second-order valence-electron chi connectivity index (χ2n) is 3.51.